The SMILES string of the molecule is [N-]=[N+]=N[C@H]1CN2C(=O)OC[C@@H]2[C@H](OC(=O)c2ccccc2)[C@@H]1OC(=O)c1ccccc1. The number of benzene rings is 2. The molecule has 4 rings (SSSR count). The fraction of sp³-hybridized carbons (Fsp3) is 0.286. The standard InChI is InChI=1S/C21H18N4O6/c22-24-23-15-11-25-16(12-29-21(25)28)18(31-20(27)14-9-5-2-6-10-14)17(15)30-19(26)13-7-3-1-4-8-13/h1-10,15-18H,11-12H2/t15-,16+,17+,18-/m0/s1. The molecule has 0 radical (unpaired) electrons. The summed E-state index contributed by atoms with van der Waals surface area (Å²) in [4.78, 5) is 41.7. The van der Waals surface area contributed by atoms with E-state index in [1.54, 1.807) is 60.7 Å². The molecule has 2 fully saturated rings. The first-order chi connectivity index (χ1) is 15.1. The Morgan fingerprint density at radius 1 is 0.968 bits per heavy atom. The molecular formula is C21H18N4O6. The molecule has 2 saturated heterocycles. The smallest absolute Gasteiger partial charge is 0.410 e. The highest BCUT2D eigenvalue weighted by Crippen LogP contribution is 2.31. The van der Waals surface area contributed by atoms with Crippen molar-refractivity contribution in [2.75, 3.05) is 13.2 Å². The van der Waals surface area contributed by atoms with Crippen molar-refractivity contribution < 1.29 is 28.6 Å². The Bertz CT molecular complexity index is 1020. The Kier molecular flexibility index (Phi) is 5.72. The maximum absolute atomic E-state index is 12.7. The molecule has 10 nitrogen and oxygen atoms in total. The van der Waals surface area contributed by atoms with E-state index in [2.05, 4.69) is 10.0 Å². The van der Waals surface area contributed by atoms with Gasteiger partial charge in [-0.3, -0.25) is 4.90 Å². The normalized spacial score (nSPS) is 24.4. The van der Waals surface area contributed by atoms with Gasteiger partial charge in [0.25, 0.3) is 0 Å². The number of carbonyl (C=O) groups is 3. The third kappa shape index (κ3) is 4.15. The van der Waals surface area contributed by atoms with E-state index in [1.165, 1.54) is 4.90 Å². The molecule has 1 amide bonds. The summed E-state index contributed by atoms with van der Waals surface area (Å²) >= 11 is 0. The molecule has 4 atom stereocenters. The molecular weight excluding hydrogens is 404 g/mol. The lowest BCUT2D eigenvalue weighted by Crippen LogP contribution is -2.62. The number of amides is 1. The number of esters is 2. The van der Waals surface area contributed by atoms with Crippen LogP contribution >= 0.6 is 0 Å². The second-order valence-electron chi connectivity index (χ2n) is 7.04. The Hall–Kier alpha value is -4.04. The van der Waals surface area contributed by atoms with Crippen LogP contribution in [0.25, 0.3) is 10.4 Å². The highest BCUT2D eigenvalue weighted by molar-refractivity contribution is 5.90. The lowest BCUT2D eigenvalue weighted by atomic mass is 9.93. The van der Waals surface area contributed by atoms with Crippen LogP contribution in [0.5, 0.6) is 0 Å². The molecule has 31 heavy (non-hydrogen) atoms. The number of ether oxygens (including phenoxy) is 3. The number of azide groups is 1. The summed E-state index contributed by atoms with van der Waals surface area (Å²) in [6.45, 7) is -0.0758. The third-order valence-electron chi connectivity index (χ3n) is 5.18. The number of cyclic esters (lactones) is 1. The number of rotatable bonds is 5. The Morgan fingerprint density at radius 2 is 1.52 bits per heavy atom. The quantitative estimate of drug-likeness (QED) is 0.239. The number of piperidine rings is 1. The fourth-order valence-corrected chi connectivity index (χ4v) is 3.68. The summed E-state index contributed by atoms with van der Waals surface area (Å²) in [6, 6.07) is 14.9. The van der Waals surface area contributed by atoms with Crippen LogP contribution in [-0.4, -0.2) is 60.4 Å². The van der Waals surface area contributed by atoms with Gasteiger partial charge in [0.05, 0.1) is 17.2 Å². The van der Waals surface area contributed by atoms with E-state index in [9.17, 15) is 14.4 Å². The molecule has 2 aromatic carbocycles. The van der Waals surface area contributed by atoms with Gasteiger partial charge in [0, 0.05) is 11.5 Å². The minimum Gasteiger partial charge on any atom is -0.454 e. The largest absolute Gasteiger partial charge is 0.454 e. The van der Waals surface area contributed by atoms with Crippen molar-refractivity contribution in [2.24, 2.45) is 5.11 Å². The predicted molar refractivity (Wildman–Crippen MR) is 106 cm³/mol. The molecule has 0 saturated carbocycles. The molecule has 10 heteroatoms. The Balaban J connectivity index is 1.66. The topological polar surface area (TPSA) is 131 Å². The van der Waals surface area contributed by atoms with Crippen LogP contribution in [0.4, 0.5) is 4.79 Å². The molecule has 0 aromatic heterocycles. The monoisotopic (exact) mass is 422 g/mol. The Labute approximate surface area is 176 Å². The van der Waals surface area contributed by atoms with E-state index in [4.69, 9.17) is 19.7 Å². The van der Waals surface area contributed by atoms with E-state index in [0.29, 0.717) is 5.56 Å². The molecule has 0 unspecified atom stereocenters. The van der Waals surface area contributed by atoms with Gasteiger partial charge in [0.2, 0.25) is 0 Å². The van der Waals surface area contributed by atoms with Crippen LogP contribution in [0.1, 0.15) is 20.7 Å². The van der Waals surface area contributed by atoms with E-state index in [0.717, 1.165) is 0 Å². The summed E-state index contributed by atoms with van der Waals surface area (Å²) < 4.78 is 16.5. The van der Waals surface area contributed by atoms with Crippen LogP contribution in [-0.2, 0) is 14.2 Å². The summed E-state index contributed by atoms with van der Waals surface area (Å²) in [7, 11) is 0. The predicted octanol–water partition coefficient (Wildman–Crippen LogP) is 2.95. The van der Waals surface area contributed by atoms with E-state index >= 15 is 0 Å². The molecule has 2 aliphatic heterocycles. The maximum Gasteiger partial charge on any atom is 0.410 e. The average Bonchev–Trinajstić information content (AvgIpc) is 3.17. The van der Waals surface area contributed by atoms with Gasteiger partial charge in [-0.05, 0) is 29.8 Å². The molecule has 0 N–H and O–H groups in total. The second-order valence-corrected chi connectivity index (χ2v) is 7.04. The first-order valence-electron chi connectivity index (χ1n) is 9.58. The Morgan fingerprint density at radius 3 is 2.06 bits per heavy atom. The zero-order valence-corrected chi connectivity index (χ0v) is 16.2. The second kappa shape index (κ2) is 8.76. The van der Waals surface area contributed by atoms with E-state index in [1.807, 2.05) is 0 Å². The molecule has 2 aliphatic rings. The number of fused-ring (bicyclic) bond motifs is 1. The first kappa shape index (κ1) is 20.2. The number of carbonyl (C=O) groups excluding carboxylic acids is 3. The summed E-state index contributed by atoms with van der Waals surface area (Å²) in [5, 5.41) is 3.70. The third-order valence-corrected chi connectivity index (χ3v) is 5.18. The zero-order chi connectivity index (χ0) is 21.8. The zero-order valence-electron chi connectivity index (χ0n) is 16.2. The van der Waals surface area contributed by atoms with Gasteiger partial charge in [-0.1, -0.05) is 41.5 Å². The van der Waals surface area contributed by atoms with E-state index < -0.39 is 42.3 Å². The van der Waals surface area contributed by atoms with Crippen LogP contribution in [0.3, 0.4) is 0 Å². The number of hydrogen-bond acceptors (Lipinski definition) is 7. The van der Waals surface area contributed by atoms with Crippen LogP contribution in [0.15, 0.2) is 65.8 Å². The van der Waals surface area contributed by atoms with Gasteiger partial charge < -0.3 is 14.2 Å². The van der Waals surface area contributed by atoms with Gasteiger partial charge in [-0.25, -0.2) is 14.4 Å². The van der Waals surface area contributed by atoms with Crippen LogP contribution in [0, 0.1) is 0 Å². The summed E-state index contributed by atoms with van der Waals surface area (Å²) in [6.07, 6.45) is -2.81. The average molecular weight is 422 g/mol. The first-order valence-corrected chi connectivity index (χ1v) is 9.58. The van der Waals surface area contributed by atoms with Crippen molar-refractivity contribution in [1.82, 2.24) is 4.90 Å². The lowest BCUT2D eigenvalue weighted by Gasteiger charge is -2.41. The van der Waals surface area contributed by atoms with Crippen LogP contribution in [0.2, 0.25) is 0 Å². The van der Waals surface area contributed by atoms with Gasteiger partial charge in [-0.2, -0.15) is 0 Å². The van der Waals surface area contributed by atoms with Gasteiger partial charge in [0.15, 0.2) is 12.2 Å². The molecule has 0 aliphatic carbocycles. The number of nitrogens with zero attached hydrogens (tertiary/aromatic N) is 4. The van der Waals surface area contributed by atoms with Crippen molar-refractivity contribution in [2.45, 2.75) is 24.3 Å². The summed E-state index contributed by atoms with van der Waals surface area (Å²) in [5.41, 5.74) is 9.59. The maximum atomic E-state index is 12.7. The van der Waals surface area contributed by atoms with Crippen molar-refractivity contribution in [3.8, 4) is 0 Å². The van der Waals surface area contributed by atoms with Crippen molar-refractivity contribution in [1.29, 1.82) is 0 Å². The van der Waals surface area contributed by atoms with Gasteiger partial charge >= 0.3 is 18.0 Å². The number of hydrogen-bond donors (Lipinski definition) is 0. The van der Waals surface area contributed by atoms with Crippen LogP contribution < -0.4 is 0 Å². The minimum absolute atomic E-state index is 0.0281. The highest BCUT2D eigenvalue weighted by Gasteiger charge is 2.53. The van der Waals surface area contributed by atoms with Gasteiger partial charge in [-0.15, -0.1) is 0 Å². The van der Waals surface area contributed by atoms with Crippen molar-refractivity contribution in [3.63, 3.8) is 0 Å². The molecule has 2 aromatic rings. The van der Waals surface area contributed by atoms with E-state index in [-0.39, 0.29) is 18.7 Å². The van der Waals surface area contributed by atoms with Crippen molar-refractivity contribution in [3.05, 3.63) is 82.2 Å². The highest BCUT2D eigenvalue weighted by atomic mass is 16.6. The molecule has 0 bridgehead atoms. The van der Waals surface area contributed by atoms with Gasteiger partial charge in [0.1, 0.15) is 12.6 Å². The lowest BCUT2D eigenvalue weighted by molar-refractivity contribution is -0.0858. The molecule has 2 heterocycles. The minimum atomic E-state index is -1.10. The van der Waals surface area contributed by atoms with Crippen molar-refractivity contribution >= 4 is 18.0 Å². The molecule has 0 spiro atoms. The fourth-order valence-electron chi connectivity index (χ4n) is 3.68. The summed E-state index contributed by atoms with van der Waals surface area (Å²) in [5.74, 6) is -1.32. The molecule has 158 valence electrons.